The first-order valence-electron chi connectivity index (χ1n) is 10.8. The largest absolute Gasteiger partial charge is 0.427 e. The summed E-state index contributed by atoms with van der Waals surface area (Å²) >= 11 is 0. The summed E-state index contributed by atoms with van der Waals surface area (Å²) in [5, 5.41) is 2.29. The zero-order valence-corrected chi connectivity index (χ0v) is 19.1. The number of nitrogens with one attached hydrogen (secondary N) is 1. The quantitative estimate of drug-likeness (QED) is 0.218. The van der Waals surface area contributed by atoms with Gasteiger partial charge in [-0.05, 0) is 54.1 Å². The molecule has 0 saturated heterocycles. The monoisotopic (exact) mass is 514 g/mol. The van der Waals surface area contributed by atoms with Crippen LogP contribution in [-0.4, -0.2) is 34.6 Å². The molecular weight excluding hydrogens is 496 g/mol. The number of hydrogen-bond donors (Lipinski definition) is 1. The lowest BCUT2D eigenvalue weighted by atomic mass is 10.0. The summed E-state index contributed by atoms with van der Waals surface area (Å²) in [5.74, 6) is -3.43. The molecule has 1 aliphatic rings. The highest BCUT2D eigenvalue weighted by molar-refractivity contribution is 6.23. The van der Waals surface area contributed by atoms with Crippen molar-refractivity contribution in [3.8, 4) is 5.75 Å². The van der Waals surface area contributed by atoms with Crippen molar-refractivity contribution < 1.29 is 41.5 Å². The van der Waals surface area contributed by atoms with Crippen LogP contribution in [0.4, 0.5) is 23.2 Å². The molecule has 11 heteroatoms. The number of nitrogens with zero attached hydrogens (tertiary/aromatic N) is 1. The Hall–Kier alpha value is -4.54. The lowest BCUT2D eigenvalue weighted by Gasteiger charge is -2.28. The number of fused-ring (bicyclic) bond motifs is 1. The zero-order chi connectivity index (χ0) is 26.9. The van der Waals surface area contributed by atoms with Gasteiger partial charge in [-0.2, -0.15) is 13.2 Å². The van der Waals surface area contributed by atoms with Crippen LogP contribution in [0, 0.1) is 0 Å². The Labute approximate surface area is 207 Å². The number of hydrogen-bond acceptors (Lipinski definition) is 5. The average molecular weight is 514 g/mol. The minimum Gasteiger partial charge on any atom is -0.427 e. The molecule has 3 amide bonds. The lowest BCUT2D eigenvalue weighted by Crippen LogP contribution is -2.49. The van der Waals surface area contributed by atoms with Gasteiger partial charge in [0.1, 0.15) is 5.75 Å². The third-order valence-electron chi connectivity index (χ3n) is 5.59. The van der Waals surface area contributed by atoms with Crippen molar-refractivity contribution in [3.05, 3.63) is 95.1 Å². The number of ether oxygens (including phenoxy) is 1. The van der Waals surface area contributed by atoms with Gasteiger partial charge in [0.25, 0.3) is 17.7 Å². The summed E-state index contributed by atoms with van der Waals surface area (Å²) in [6.07, 6.45) is -6.84. The van der Waals surface area contributed by atoms with Crippen LogP contribution in [0.2, 0.25) is 0 Å². The molecule has 2 atom stereocenters. The molecule has 0 spiro atoms. The van der Waals surface area contributed by atoms with E-state index in [1.54, 1.807) is 0 Å². The van der Waals surface area contributed by atoms with Crippen LogP contribution < -0.4 is 10.1 Å². The first-order valence-corrected chi connectivity index (χ1v) is 10.8. The fraction of sp³-hybridized carbons (Fsp3) is 0.154. The van der Waals surface area contributed by atoms with Gasteiger partial charge in [-0.25, -0.2) is 4.39 Å². The van der Waals surface area contributed by atoms with Gasteiger partial charge in [0.15, 0.2) is 12.2 Å². The Balaban J connectivity index is 1.68. The van der Waals surface area contributed by atoms with Crippen molar-refractivity contribution in [2.24, 2.45) is 0 Å². The summed E-state index contributed by atoms with van der Waals surface area (Å²) in [7, 11) is 0. The van der Waals surface area contributed by atoms with Crippen LogP contribution in [0.25, 0.3) is 0 Å². The maximum atomic E-state index is 15.9. The van der Waals surface area contributed by atoms with Crippen molar-refractivity contribution in [2.75, 3.05) is 5.32 Å². The SMILES string of the molecule is CC(=O)Oc1ccc([C@H](F)[C@@H](C(=O)Nc2ccc(C(F)(F)F)cc2)N2C(=O)c3ccccc3C2=O)cc1. The molecule has 0 fully saturated rings. The molecule has 3 aromatic rings. The Bertz CT molecular complexity index is 1340. The minimum absolute atomic E-state index is 0.0164. The van der Waals surface area contributed by atoms with Gasteiger partial charge < -0.3 is 10.1 Å². The van der Waals surface area contributed by atoms with Crippen LogP contribution >= 0.6 is 0 Å². The van der Waals surface area contributed by atoms with Crippen LogP contribution in [0.15, 0.2) is 72.8 Å². The van der Waals surface area contributed by atoms with E-state index < -0.39 is 47.6 Å². The summed E-state index contributed by atoms with van der Waals surface area (Å²) in [4.78, 5) is 51.0. The molecule has 37 heavy (non-hydrogen) atoms. The van der Waals surface area contributed by atoms with Gasteiger partial charge in [0.05, 0.1) is 16.7 Å². The number of carbonyl (C=O) groups excluding carboxylic acids is 4. The molecule has 1 heterocycles. The van der Waals surface area contributed by atoms with Gasteiger partial charge in [0.2, 0.25) is 0 Å². The summed E-state index contributed by atoms with van der Waals surface area (Å²) < 4.78 is 59.5. The Morgan fingerprint density at radius 3 is 1.89 bits per heavy atom. The smallest absolute Gasteiger partial charge is 0.416 e. The van der Waals surface area contributed by atoms with Gasteiger partial charge >= 0.3 is 12.1 Å². The molecule has 7 nitrogen and oxygen atoms in total. The Morgan fingerprint density at radius 1 is 0.865 bits per heavy atom. The molecule has 0 radical (unpaired) electrons. The second kappa shape index (κ2) is 9.84. The van der Waals surface area contributed by atoms with Gasteiger partial charge in [-0.1, -0.05) is 24.3 Å². The molecule has 1 aliphatic heterocycles. The average Bonchev–Trinajstić information content (AvgIpc) is 3.09. The van der Waals surface area contributed by atoms with E-state index in [0.717, 1.165) is 24.3 Å². The normalized spacial score (nSPS) is 14.7. The highest BCUT2D eigenvalue weighted by Crippen LogP contribution is 2.34. The fourth-order valence-electron chi connectivity index (χ4n) is 3.87. The topological polar surface area (TPSA) is 92.8 Å². The minimum atomic E-state index is -4.60. The zero-order valence-electron chi connectivity index (χ0n) is 19.1. The molecule has 0 aromatic heterocycles. The second-order valence-electron chi connectivity index (χ2n) is 8.10. The summed E-state index contributed by atoms with van der Waals surface area (Å²) in [6, 6.07) is 12.1. The Kier molecular flexibility index (Phi) is 6.80. The predicted molar refractivity (Wildman–Crippen MR) is 122 cm³/mol. The number of halogens is 4. The molecule has 4 rings (SSSR count). The van der Waals surface area contributed by atoms with Gasteiger partial charge in [-0.15, -0.1) is 0 Å². The van der Waals surface area contributed by atoms with Gasteiger partial charge in [0, 0.05) is 12.6 Å². The van der Waals surface area contributed by atoms with Crippen molar-refractivity contribution in [1.82, 2.24) is 4.90 Å². The molecule has 0 saturated carbocycles. The van der Waals surface area contributed by atoms with E-state index in [-0.39, 0.29) is 28.1 Å². The van der Waals surface area contributed by atoms with E-state index in [1.165, 1.54) is 55.5 Å². The van der Waals surface area contributed by atoms with E-state index in [1.807, 2.05) is 0 Å². The van der Waals surface area contributed by atoms with E-state index in [4.69, 9.17) is 4.74 Å². The highest BCUT2D eigenvalue weighted by Gasteiger charge is 2.47. The maximum absolute atomic E-state index is 15.9. The molecule has 0 aliphatic carbocycles. The maximum Gasteiger partial charge on any atom is 0.416 e. The number of alkyl halides is 4. The second-order valence-corrected chi connectivity index (χ2v) is 8.10. The van der Waals surface area contributed by atoms with Gasteiger partial charge in [-0.3, -0.25) is 24.1 Å². The fourth-order valence-corrected chi connectivity index (χ4v) is 3.87. The third kappa shape index (κ3) is 5.20. The van der Waals surface area contributed by atoms with Crippen LogP contribution in [0.3, 0.4) is 0 Å². The van der Waals surface area contributed by atoms with Crippen molar-refractivity contribution in [2.45, 2.75) is 25.3 Å². The molecular formula is C26H18F4N2O5. The molecule has 3 aromatic carbocycles. The number of amides is 3. The molecule has 0 unspecified atom stereocenters. The van der Waals surface area contributed by atoms with Crippen molar-refractivity contribution in [1.29, 1.82) is 0 Å². The summed E-state index contributed by atoms with van der Waals surface area (Å²) in [6.45, 7) is 1.18. The first kappa shape index (κ1) is 25.5. The third-order valence-corrected chi connectivity index (χ3v) is 5.59. The molecule has 1 N–H and O–H groups in total. The number of rotatable bonds is 6. The predicted octanol–water partition coefficient (Wildman–Crippen LogP) is 4.94. The van der Waals surface area contributed by atoms with E-state index in [9.17, 15) is 32.3 Å². The lowest BCUT2D eigenvalue weighted by molar-refractivity contribution is -0.137. The standard InChI is InChI=1S/C26H18F4N2O5/c1-14(33)37-18-12-6-15(7-13-18)21(27)22(32-24(35)19-4-2-3-5-20(19)25(32)36)23(34)31-17-10-8-16(9-11-17)26(28,29)30/h2-13,21-22H,1H3,(H,31,34)/t21-,22-/m0/s1. The number of imide groups is 1. The Morgan fingerprint density at radius 2 is 1.41 bits per heavy atom. The number of carbonyl (C=O) groups is 4. The van der Waals surface area contributed by atoms with Crippen LogP contribution in [0.5, 0.6) is 5.75 Å². The van der Waals surface area contributed by atoms with Crippen LogP contribution in [0.1, 0.15) is 44.9 Å². The number of esters is 1. The van der Waals surface area contributed by atoms with Crippen molar-refractivity contribution in [3.63, 3.8) is 0 Å². The number of anilines is 1. The highest BCUT2D eigenvalue weighted by atomic mass is 19.4. The number of benzene rings is 3. The van der Waals surface area contributed by atoms with E-state index in [2.05, 4.69) is 5.32 Å². The van der Waals surface area contributed by atoms with E-state index >= 15 is 4.39 Å². The van der Waals surface area contributed by atoms with E-state index in [0.29, 0.717) is 4.90 Å². The summed E-state index contributed by atoms with van der Waals surface area (Å²) in [5.41, 5.74) is -1.20. The molecule has 0 bridgehead atoms. The van der Waals surface area contributed by atoms with Crippen LogP contribution in [-0.2, 0) is 15.8 Å². The first-order chi connectivity index (χ1) is 17.5. The molecule has 190 valence electrons. The van der Waals surface area contributed by atoms with Crippen molar-refractivity contribution >= 4 is 29.4 Å².